The van der Waals surface area contributed by atoms with Crippen molar-refractivity contribution in [3.05, 3.63) is 58.1 Å². The van der Waals surface area contributed by atoms with E-state index in [1.807, 2.05) is 11.9 Å². The van der Waals surface area contributed by atoms with Gasteiger partial charge in [0.2, 0.25) is 5.91 Å². The quantitative estimate of drug-likeness (QED) is 0.763. The van der Waals surface area contributed by atoms with Crippen LogP contribution in [-0.2, 0) is 21.2 Å². The van der Waals surface area contributed by atoms with Crippen molar-refractivity contribution in [3.63, 3.8) is 0 Å². The highest BCUT2D eigenvalue weighted by atomic mass is 35.5. The Morgan fingerprint density at radius 3 is 2.68 bits per heavy atom. The molecule has 1 amide bonds. The molecular formula is C19H19Cl2N3O3S. The van der Waals surface area contributed by atoms with Gasteiger partial charge in [-0.05, 0) is 42.3 Å². The molecule has 9 heteroatoms. The van der Waals surface area contributed by atoms with Crippen LogP contribution in [0, 0.1) is 0 Å². The number of amidine groups is 1. The molecule has 28 heavy (non-hydrogen) atoms. The van der Waals surface area contributed by atoms with E-state index in [4.69, 9.17) is 23.2 Å². The Morgan fingerprint density at radius 1 is 1.21 bits per heavy atom. The summed E-state index contributed by atoms with van der Waals surface area (Å²) in [7, 11) is -2.03. The molecule has 0 aromatic heterocycles. The normalized spacial score (nSPS) is 15.8. The van der Waals surface area contributed by atoms with Gasteiger partial charge in [-0.2, -0.15) is 8.42 Å². The smallest absolute Gasteiger partial charge is 0.284 e. The summed E-state index contributed by atoms with van der Waals surface area (Å²) in [5.41, 5.74) is 0.999. The second kappa shape index (κ2) is 8.51. The van der Waals surface area contributed by atoms with E-state index in [-0.39, 0.29) is 17.2 Å². The third-order valence-corrected chi connectivity index (χ3v) is 6.23. The van der Waals surface area contributed by atoms with Gasteiger partial charge in [-0.3, -0.25) is 4.79 Å². The molecule has 1 heterocycles. The lowest BCUT2D eigenvalue weighted by Gasteiger charge is -2.11. The minimum atomic E-state index is -3.85. The van der Waals surface area contributed by atoms with Crippen molar-refractivity contribution < 1.29 is 13.2 Å². The third-order valence-electron chi connectivity index (χ3n) is 4.34. The summed E-state index contributed by atoms with van der Waals surface area (Å²) in [6.45, 7) is 0.789. The van der Waals surface area contributed by atoms with Crippen LogP contribution in [0.25, 0.3) is 0 Å². The van der Waals surface area contributed by atoms with Crippen LogP contribution in [0.3, 0.4) is 0 Å². The Balaban J connectivity index is 1.75. The van der Waals surface area contributed by atoms with Crippen LogP contribution < -0.4 is 5.32 Å². The molecule has 1 aliphatic rings. The van der Waals surface area contributed by atoms with Crippen molar-refractivity contribution in [1.82, 2.24) is 4.90 Å². The number of carbonyl (C=O) groups is 1. The van der Waals surface area contributed by atoms with E-state index in [1.54, 1.807) is 30.3 Å². The SMILES string of the molecule is CN1CCCC1=NS(=O)(=O)c1cccc(NC(=O)Cc2ccc(Cl)cc2Cl)c1. The molecule has 0 spiro atoms. The van der Waals surface area contributed by atoms with Gasteiger partial charge >= 0.3 is 0 Å². The second-order valence-corrected chi connectivity index (χ2v) is 8.94. The number of carbonyl (C=O) groups excluding carboxylic acids is 1. The number of sulfonamides is 1. The summed E-state index contributed by atoms with van der Waals surface area (Å²) in [5.74, 6) is 0.229. The van der Waals surface area contributed by atoms with Gasteiger partial charge in [-0.1, -0.05) is 35.3 Å². The first-order chi connectivity index (χ1) is 13.2. The highest BCUT2D eigenvalue weighted by Crippen LogP contribution is 2.23. The van der Waals surface area contributed by atoms with Crippen molar-refractivity contribution in [2.45, 2.75) is 24.2 Å². The molecule has 0 unspecified atom stereocenters. The van der Waals surface area contributed by atoms with Gasteiger partial charge in [0.05, 0.1) is 11.3 Å². The number of hydrogen-bond acceptors (Lipinski definition) is 3. The average Bonchev–Trinajstić information content (AvgIpc) is 3.02. The zero-order valence-electron chi connectivity index (χ0n) is 15.2. The van der Waals surface area contributed by atoms with Crippen LogP contribution >= 0.6 is 23.2 Å². The zero-order valence-corrected chi connectivity index (χ0v) is 17.5. The van der Waals surface area contributed by atoms with Crippen molar-refractivity contribution in [1.29, 1.82) is 0 Å². The Morgan fingerprint density at radius 2 is 2.00 bits per heavy atom. The highest BCUT2D eigenvalue weighted by molar-refractivity contribution is 7.90. The zero-order chi connectivity index (χ0) is 20.3. The number of hydrogen-bond donors (Lipinski definition) is 1. The van der Waals surface area contributed by atoms with Crippen LogP contribution in [0.5, 0.6) is 0 Å². The van der Waals surface area contributed by atoms with Crippen LogP contribution in [0.2, 0.25) is 10.0 Å². The molecule has 0 atom stereocenters. The molecule has 0 radical (unpaired) electrons. The molecule has 148 valence electrons. The maximum atomic E-state index is 12.6. The third kappa shape index (κ3) is 5.04. The Hall–Kier alpha value is -2.09. The van der Waals surface area contributed by atoms with Gasteiger partial charge in [0.1, 0.15) is 5.84 Å². The standard InChI is InChI=1S/C19H19Cl2N3O3S/c1-24-9-3-6-18(24)23-28(26,27)16-5-2-4-15(12-16)22-19(25)10-13-7-8-14(20)11-17(13)21/h2,4-5,7-8,11-12H,3,6,9-10H2,1H3,(H,22,25). The van der Waals surface area contributed by atoms with Crippen molar-refractivity contribution in [2.75, 3.05) is 18.9 Å². The summed E-state index contributed by atoms with van der Waals surface area (Å²) in [4.78, 5) is 14.2. The molecule has 1 fully saturated rings. The molecule has 1 aliphatic heterocycles. The number of amides is 1. The van der Waals surface area contributed by atoms with Gasteiger partial charge in [0.15, 0.2) is 0 Å². The van der Waals surface area contributed by atoms with Crippen LogP contribution in [-0.4, -0.2) is 38.7 Å². The number of halogens is 2. The fourth-order valence-corrected chi connectivity index (χ4v) is 4.49. The molecule has 0 bridgehead atoms. The molecule has 2 aromatic rings. The van der Waals surface area contributed by atoms with E-state index in [0.29, 0.717) is 33.6 Å². The number of likely N-dealkylation sites (tertiary alicyclic amines) is 1. The van der Waals surface area contributed by atoms with Crippen LogP contribution in [0.15, 0.2) is 51.8 Å². The molecular weight excluding hydrogens is 421 g/mol. The van der Waals surface area contributed by atoms with Crippen molar-refractivity contribution in [3.8, 4) is 0 Å². The lowest BCUT2D eigenvalue weighted by atomic mass is 10.1. The minimum Gasteiger partial charge on any atom is -0.362 e. The first-order valence-corrected chi connectivity index (χ1v) is 10.8. The summed E-state index contributed by atoms with van der Waals surface area (Å²) in [6, 6.07) is 10.9. The fraction of sp³-hybridized carbons (Fsp3) is 0.263. The van der Waals surface area contributed by atoms with Gasteiger partial charge < -0.3 is 10.2 Å². The van der Waals surface area contributed by atoms with E-state index in [1.165, 1.54) is 12.1 Å². The largest absolute Gasteiger partial charge is 0.362 e. The van der Waals surface area contributed by atoms with Crippen LogP contribution in [0.1, 0.15) is 18.4 Å². The Bertz CT molecular complexity index is 1040. The first kappa shape index (κ1) is 20.6. The number of anilines is 1. The van der Waals surface area contributed by atoms with Gasteiger partial charge in [-0.25, -0.2) is 0 Å². The van der Waals surface area contributed by atoms with E-state index in [0.717, 1.165) is 13.0 Å². The van der Waals surface area contributed by atoms with Crippen molar-refractivity contribution >= 4 is 50.7 Å². The lowest BCUT2D eigenvalue weighted by Crippen LogP contribution is -2.20. The minimum absolute atomic E-state index is 0.0302. The molecule has 2 aromatic carbocycles. The number of benzene rings is 2. The van der Waals surface area contributed by atoms with E-state index >= 15 is 0 Å². The average molecular weight is 440 g/mol. The fourth-order valence-electron chi connectivity index (χ4n) is 2.88. The second-order valence-electron chi connectivity index (χ2n) is 6.50. The molecule has 1 saturated heterocycles. The topological polar surface area (TPSA) is 78.8 Å². The monoisotopic (exact) mass is 439 g/mol. The van der Waals surface area contributed by atoms with E-state index in [9.17, 15) is 13.2 Å². The molecule has 0 saturated carbocycles. The predicted octanol–water partition coefficient (Wildman–Crippen LogP) is 3.99. The summed E-state index contributed by atoms with van der Waals surface area (Å²) >= 11 is 11.9. The van der Waals surface area contributed by atoms with E-state index in [2.05, 4.69) is 9.71 Å². The van der Waals surface area contributed by atoms with Crippen LogP contribution in [0.4, 0.5) is 5.69 Å². The van der Waals surface area contributed by atoms with Crippen molar-refractivity contribution in [2.24, 2.45) is 4.40 Å². The summed E-state index contributed by atoms with van der Waals surface area (Å²) in [5, 5.41) is 3.58. The molecule has 1 N–H and O–H groups in total. The number of nitrogens with one attached hydrogen (secondary N) is 1. The summed E-state index contributed by atoms with van der Waals surface area (Å²) < 4.78 is 29.1. The maximum Gasteiger partial charge on any atom is 0.284 e. The Labute approximate surface area is 174 Å². The van der Waals surface area contributed by atoms with Gasteiger partial charge in [0, 0.05) is 35.7 Å². The summed E-state index contributed by atoms with van der Waals surface area (Å²) in [6.07, 6.45) is 1.56. The van der Waals surface area contributed by atoms with Gasteiger partial charge in [-0.15, -0.1) is 4.40 Å². The Kier molecular flexibility index (Phi) is 6.27. The first-order valence-electron chi connectivity index (χ1n) is 8.63. The maximum absolute atomic E-state index is 12.6. The number of nitrogens with zero attached hydrogens (tertiary/aromatic N) is 2. The van der Waals surface area contributed by atoms with Gasteiger partial charge in [0.25, 0.3) is 10.0 Å². The lowest BCUT2D eigenvalue weighted by molar-refractivity contribution is -0.115. The van der Waals surface area contributed by atoms with E-state index < -0.39 is 10.0 Å². The molecule has 0 aliphatic carbocycles. The molecule has 3 rings (SSSR count). The predicted molar refractivity (Wildman–Crippen MR) is 112 cm³/mol. The highest BCUT2D eigenvalue weighted by Gasteiger charge is 2.20. The molecule has 6 nitrogen and oxygen atoms in total. The number of rotatable bonds is 5.